The van der Waals surface area contributed by atoms with E-state index < -0.39 is 20.7 Å². The number of rotatable bonds is 8. The summed E-state index contributed by atoms with van der Waals surface area (Å²) in [5, 5.41) is 17.7. The van der Waals surface area contributed by atoms with Crippen LogP contribution in [0.3, 0.4) is 0 Å². The molecule has 10 nitrogen and oxygen atoms in total. The summed E-state index contributed by atoms with van der Waals surface area (Å²) < 4.78 is 32.5. The Morgan fingerprint density at radius 2 is 1.88 bits per heavy atom. The molecular formula is C20H19ClN4O6S. The summed E-state index contributed by atoms with van der Waals surface area (Å²) in [4.78, 5) is 22.6. The van der Waals surface area contributed by atoms with E-state index in [4.69, 9.17) is 16.3 Å². The van der Waals surface area contributed by atoms with Crippen LogP contribution in [0.1, 0.15) is 12.1 Å². The van der Waals surface area contributed by atoms with Crippen molar-refractivity contribution in [1.29, 1.82) is 0 Å². The second-order valence-corrected chi connectivity index (χ2v) is 9.16. The summed E-state index contributed by atoms with van der Waals surface area (Å²) in [7, 11) is -2.50. The maximum absolute atomic E-state index is 13.0. The fourth-order valence-electron chi connectivity index (χ4n) is 2.91. The van der Waals surface area contributed by atoms with E-state index in [1.54, 1.807) is 6.92 Å². The first-order valence-electron chi connectivity index (χ1n) is 9.28. The average molecular weight is 479 g/mol. The van der Waals surface area contributed by atoms with E-state index in [1.807, 2.05) is 0 Å². The molecule has 0 atom stereocenters. The minimum absolute atomic E-state index is 0.0316. The van der Waals surface area contributed by atoms with E-state index in [1.165, 1.54) is 60.3 Å². The molecule has 1 heterocycles. The van der Waals surface area contributed by atoms with Crippen LogP contribution in [0, 0.1) is 17.0 Å². The van der Waals surface area contributed by atoms with Crippen LogP contribution in [0.5, 0.6) is 5.75 Å². The van der Waals surface area contributed by atoms with Gasteiger partial charge >= 0.3 is 5.82 Å². The number of hydrogen-bond acceptors (Lipinski definition) is 7. The van der Waals surface area contributed by atoms with Crippen LogP contribution in [0.25, 0.3) is 0 Å². The van der Waals surface area contributed by atoms with E-state index in [0.717, 1.165) is 0 Å². The zero-order valence-electron chi connectivity index (χ0n) is 17.1. The maximum atomic E-state index is 13.0. The number of ether oxygens (including phenoxy) is 1. The Morgan fingerprint density at radius 1 is 1.19 bits per heavy atom. The number of halogens is 1. The van der Waals surface area contributed by atoms with E-state index in [2.05, 4.69) is 10.4 Å². The van der Waals surface area contributed by atoms with Crippen molar-refractivity contribution < 1.29 is 22.9 Å². The summed E-state index contributed by atoms with van der Waals surface area (Å²) in [6, 6.07) is 11.2. The number of nitro groups is 1. The van der Waals surface area contributed by atoms with Gasteiger partial charge in [-0.3, -0.25) is 4.79 Å². The first kappa shape index (κ1) is 23.2. The highest BCUT2D eigenvalue weighted by Gasteiger charge is 2.20. The quantitative estimate of drug-likeness (QED) is 0.386. The lowest BCUT2D eigenvalue weighted by atomic mass is 10.3. The molecule has 0 radical (unpaired) electrons. The molecule has 0 unspecified atom stereocenters. The molecule has 12 heteroatoms. The highest BCUT2D eigenvalue weighted by molar-refractivity contribution is 7.91. The predicted molar refractivity (Wildman–Crippen MR) is 117 cm³/mol. The first-order valence-corrected chi connectivity index (χ1v) is 11.1. The van der Waals surface area contributed by atoms with Gasteiger partial charge in [0.2, 0.25) is 15.7 Å². The first-order chi connectivity index (χ1) is 15.1. The SMILES string of the molecule is COc1cc(NC(=O)CCn2nc([N+](=O)[O-])cc2C)cc(S(=O)(=O)c2ccc(Cl)cc2)c1. The van der Waals surface area contributed by atoms with Crippen molar-refractivity contribution in [2.45, 2.75) is 29.7 Å². The normalized spacial score (nSPS) is 11.2. The molecule has 2 aromatic carbocycles. The monoisotopic (exact) mass is 478 g/mol. The standard InChI is InChI=1S/C20H19ClN4O6S/c1-13-9-19(25(27)28)23-24(13)8-7-20(26)22-15-10-16(31-2)12-18(11-15)32(29,30)17-5-3-14(21)4-6-17/h3-6,9-12H,7-8H2,1-2H3,(H,22,26). The zero-order valence-corrected chi connectivity index (χ0v) is 18.7. The second-order valence-electron chi connectivity index (χ2n) is 6.78. The average Bonchev–Trinajstić information content (AvgIpc) is 3.13. The number of amides is 1. The Kier molecular flexibility index (Phi) is 6.80. The fourth-order valence-corrected chi connectivity index (χ4v) is 4.35. The Morgan fingerprint density at radius 3 is 2.47 bits per heavy atom. The number of nitrogens with zero attached hydrogens (tertiary/aromatic N) is 3. The van der Waals surface area contributed by atoms with E-state index >= 15 is 0 Å². The molecule has 0 spiro atoms. The number of benzene rings is 2. The Bertz CT molecular complexity index is 1270. The molecule has 168 valence electrons. The van der Waals surface area contributed by atoms with Crippen molar-refractivity contribution in [3.63, 3.8) is 0 Å². The molecule has 0 bridgehead atoms. The summed E-state index contributed by atoms with van der Waals surface area (Å²) >= 11 is 5.84. The van der Waals surface area contributed by atoms with Gasteiger partial charge in [0.05, 0.1) is 40.3 Å². The second kappa shape index (κ2) is 9.37. The fraction of sp³-hybridized carbons (Fsp3) is 0.200. The topological polar surface area (TPSA) is 133 Å². The van der Waals surface area contributed by atoms with Crippen molar-refractivity contribution in [3.05, 3.63) is 69.4 Å². The van der Waals surface area contributed by atoms with Crippen LogP contribution < -0.4 is 10.1 Å². The molecule has 1 aromatic heterocycles. The van der Waals surface area contributed by atoms with Gasteiger partial charge in [-0.2, -0.15) is 4.68 Å². The van der Waals surface area contributed by atoms with Crippen molar-refractivity contribution in [3.8, 4) is 5.75 Å². The number of aromatic nitrogens is 2. The molecule has 0 saturated heterocycles. The maximum Gasteiger partial charge on any atom is 0.390 e. The molecule has 3 aromatic rings. The molecule has 3 rings (SSSR count). The van der Waals surface area contributed by atoms with Gasteiger partial charge < -0.3 is 20.2 Å². The Hall–Kier alpha value is -3.44. The molecule has 32 heavy (non-hydrogen) atoms. The van der Waals surface area contributed by atoms with Gasteiger partial charge in [-0.1, -0.05) is 11.6 Å². The van der Waals surface area contributed by atoms with Gasteiger partial charge in [0.25, 0.3) is 0 Å². The van der Waals surface area contributed by atoms with Gasteiger partial charge in [0, 0.05) is 23.2 Å². The number of carbonyl (C=O) groups excluding carboxylic acids is 1. The van der Waals surface area contributed by atoms with Crippen LogP contribution in [-0.4, -0.2) is 36.1 Å². The highest BCUT2D eigenvalue weighted by Crippen LogP contribution is 2.29. The summed E-state index contributed by atoms with van der Waals surface area (Å²) in [5.41, 5.74) is 0.771. The number of hydrogen-bond donors (Lipinski definition) is 1. The minimum atomic E-state index is -3.88. The van der Waals surface area contributed by atoms with Crippen molar-refractivity contribution >= 4 is 38.9 Å². The number of sulfone groups is 1. The summed E-state index contributed by atoms with van der Waals surface area (Å²) in [6.07, 6.45) is -0.0316. The van der Waals surface area contributed by atoms with E-state index in [0.29, 0.717) is 10.7 Å². The van der Waals surface area contributed by atoms with Crippen LogP contribution in [0.15, 0.2) is 58.3 Å². The lowest BCUT2D eigenvalue weighted by Gasteiger charge is -2.11. The van der Waals surface area contributed by atoms with Gasteiger partial charge in [0.15, 0.2) is 0 Å². The molecule has 0 aliphatic rings. The molecule has 0 aliphatic heterocycles. The minimum Gasteiger partial charge on any atom is -0.497 e. The van der Waals surface area contributed by atoms with Gasteiger partial charge in [-0.05, 0) is 48.2 Å². The van der Waals surface area contributed by atoms with Crippen LogP contribution in [-0.2, 0) is 21.2 Å². The Balaban J connectivity index is 1.79. The molecular weight excluding hydrogens is 460 g/mol. The number of anilines is 1. The summed E-state index contributed by atoms with van der Waals surface area (Å²) in [6.45, 7) is 1.76. The van der Waals surface area contributed by atoms with Crippen molar-refractivity contribution in [1.82, 2.24) is 9.78 Å². The zero-order chi connectivity index (χ0) is 23.5. The lowest BCUT2D eigenvalue weighted by molar-refractivity contribution is -0.389. The third-order valence-electron chi connectivity index (χ3n) is 4.54. The third-order valence-corrected chi connectivity index (χ3v) is 6.54. The van der Waals surface area contributed by atoms with Crippen LogP contribution >= 0.6 is 11.6 Å². The van der Waals surface area contributed by atoms with Gasteiger partial charge in [-0.25, -0.2) is 8.42 Å². The Labute approximate surface area is 188 Å². The molecule has 1 N–H and O–H groups in total. The number of methoxy groups -OCH3 is 1. The number of carbonyl (C=O) groups is 1. The van der Waals surface area contributed by atoms with Gasteiger partial charge in [0.1, 0.15) is 5.75 Å². The highest BCUT2D eigenvalue weighted by atomic mass is 35.5. The van der Waals surface area contributed by atoms with Crippen molar-refractivity contribution in [2.24, 2.45) is 0 Å². The molecule has 0 aliphatic carbocycles. The molecule has 1 amide bonds. The summed E-state index contributed by atoms with van der Waals surface area (Å²) in [5.74, 6) is -0.479. The van der Waals surface area contributed by atoms with Crippen LogP contribution in [0.4, 0.5) is 11.5 Å². The van der Waals surface area contributed by atoms with E-state index in [9.17, 15) is 23.3 Å². The predicted octanol–water partition coefficient (Wildman–Crippen LogP) is 3.62. The lowest BCUT2D eigenvalue weighted by Crippen LogP contribution is -2.16. The third kappa shape index (κ3) is 5.24. The van der Waals surface area contributed by atoms with Gasteiger partial charge in [-0.15, -0.1) is 0 Å². The largest absolute Gasteiger partial charge is 0.497 e. The molecule has 0 fully saturated rings. The number of nitrogens with one attached hydrogen (secondary N) is 1. The molecule has 0 saturated carbocycles. The number of aryl methyl sites for hydroxylation is 2. The van der Waals surface area contributed by atoms with Crippen LogP contribution in [0.2, 0.25) is 5.02 Å². The van der Waals surface area contributed by atoms with Crippen molar-refractivity contribution in [2.75, 3.05) is 12.4 Å². The smallest absolute Gasteiger partial charge is 0.390 e. The van der Waals surface area contributed by atoms with E-state index in [-0.39, 0.29) is 40.0 Å².